The number of hydrogen-bond acceptors (Lipinski definition) is 3. The summed E-state index contributed by atoms with van der Waals surface area (Å²) in [5.74, 6) is 1.65. The molecule has 0 aliphatic carbocycles. The van der Waals surface area contributed by atoms with Crippen molar-refractivity contribution in [3.8, 4) is 23.0 Å². The van der Waals surface area contributed by atoms with Gasteiger partial charge in [0.15, 0.2) is 17.1 Å². The van der Waals surface area contributed by atoms with Crippen LogP contribution in [-0.4, -0.2) is 24.1 Å². The van der Waals surface area contributed by atoms with Gasteiger partial charge in [0.2, 0.25) is 0 Å². The average Bonchev–Trinajstić information content (AvgIpc) is 3.68. The highest BCUT2D eigenvalue weighted by atomic mass is 16.1. The van der Waals surface area contributed by atoms with Gasteiger partial charge in [-0.05, 0) is 37.1 Å². The third-order valence-electron chi connectivity index (χ3n) is 10.1. The number of aromatic nitrogens is 5. The molecule has 0 amide bonds. The standard InChI is InChI=1S/C43H61N5O/c1-3-5-7-9-11-13-15-17-19-25-31-47-40-29-23-21-27-36(40)45-42(47)38-33-35(49)34-39(44-38)43-46-37-28-22-24-30-41(37)48(43)32-26-20-18-16-14-12-10-8-6-4-2/h21-24,27-30,33-34H,3-20,25-26,31-32H2,1-2H3,(H,44,49). The Bertz CT molecular complexity index is 1620. The molecule has 0 aliphatic heterocycles. The number of imidazole rings is 2. The molecule has 0 fully saturated rings. The van der Waals surface area contributed by atoms with Crippen molar-refractivity contribution < 1.29 is 0 Å². The van der Waals surface area contributed by atoms with Crippen LogP contribution in [0.1, 0.15) is 142 Å². The first kappa shape index (κ1) is 36.6. The quantitative estimate of drug-likeness (QED) is 0.0668. The second kappa shape index (κ2) is 20.1. The van der Waals surface area contributed by atoms with Gasteiger partial charge in [-0.25, -0.2) is 9.97 Å². The summed E-state index contributed by atoms with van der Waals surface area (Å²) >= 11 is 0. The van der Waals surface area contributed by atoms with Crippen LogP contribution < -0.4 is 5.43 Å². The van der Waals surface area contributed by atoms with E-state index in [2.05, 4.69) is 64.4 Å². The highest BCUT2D eigenvalue weighted by Gasteiger charge is 2.18. The first-order chi connectivity index (χ1) is 24.2. The smallest absolute Gasteiger partial charge is 0.183 e. The zero-order chi connectivity index (χ0) is 34.1. The number of aryl methyl sites for hydroxylation is 2. The van der Waals surface area contributed by atoms with E-state index in [0.29, 0.717) is 0 Å². The molecule has 3 aromatic heterocycles. The molecule has 264 valence electrons. The summed E-state index contributed by atoms with van der Waals surface area (Å²) in [6.07, 6.45) is 26.1. The van der Waals surface area contributed by atoms with Gasteiger partial charge in [-0.15, -0.1) is 0 Å². The van der Waals surface area contributed by atoms with Gasteiger partial charge in [0, 0.05) is 25.2 Å². The van der Waals surface area contributed by atoms with Gasteiger partial charge < -0.3 is 14.1 Å². The number of hydrogen-bond donors (Lipinski definition) is 1. The molecule has 6 heteroatoms. The molecule has 0 bridgehead atoms. The Hall–Kier alpha value is -3.67. The average molecular weight is 664 g/mol. The van der Waals surface area contributed by atoms with Crippen LogP contribution in [0.5, 0.6) is 0 Å². The van der Waals surface area contributed by atoms with E-state index in [1.54, 1.807) is 12.1 Å². The van der Waals surface area contributed by atoms with Gasteiger partial charge >= 0.3 is 0 Å². The SMILES string of the molecule is CCCCCCCCCCCCn1c(-c2cc(=O)cc(-c3nc4ccccc4n3CCCCCCCCCCCC)[nH]2)nc2ccccc21. The molecule has 0 saturated heterocycles. The summed E-state index contributed by atoms with van der Waals surface area (Å²) in [7, 11) is 0. The van der Waals surface area contributed by atoms with Crippen molar-refractivity contribution in [2.24, 2.45) is 0 Å². The molecule has 1 N–H and O–H groups in total. The van der Waals surface area contributed by atoms with E-state index in [1.165, 1.54) is 116 Å². The number of unbranched alkanes of at least 4 members (excludes halogenated alkanes) is 18. The number of benzene rings is 2. The van der Waals surface area contributed by atoms with Crippen LogP contribution in [0.2, 0.25) is 0 Å². The monoisotopic (exact) mass is 663 g/mol. The minimum atomic E-state index is -0.0289. The summed E-state index contributed by atoms with van der Waals surface area (Å²) in [5, 5.41) is 0. The number of nitrogens with zero attached hydrogens (tertiary/aromatic N) is 4. The summed E-state index contributed by atoms with van der Waals surface area (Å²) in [6, 6.07) is 20.1. The molecule has 3 heterocycles. The first-order valence-electron chi connectivity index (χ1n) is 19.8. The second-order valence-electron chi connectivity index (χ2n) is 14.2. The highest BCUT2D eigenvalue weighted by Crippen LogP contribution is 2.28. The molecule has 5 aromatic rings. The Labute approximate surface area is 294 Å². The number of H-pyrrole nitrogens is 1. The van der Waals surface area contributed by atoms with Gasteiger partial charge in [0.05, 0.1) is 33.5 Å². The fourth-order valence-electron chi connectivity index (χ4n) is 7.31. The normalized spacial score (nSPS) is 11.7. The van der Waals surface area contributed by atoms with E-state index in [9.17, 15) is 4.79 Å². The summed E-state index contributed by atoms with van der Waals surface area (Å²) in [4.78, 5) is 27.1. The Morgan fingerprint density at radius 2 is 0.837 bits per heavy atom. The zero-order valence-corrected chi connectivity index (χ0v) is 30.5. The number of pyridine rings is 1. The molecular formula is C43H61N5O. The Balaban J connectivity index is 1.28. The number of nitrogens with one attached hydrogen (secondary N) is 1. The summed E-state index contributed by atoms with van der Waals surface area (Å²) < 4.78 is 4.61. The molecule has 6 nitrogen and oxygen atoms in total. The van der Waals surface area contributed by atoms with E-state index >= 15 is 0 Å². The lowest BCUT2D eigenvalue weighted by Crippen LogP contribution is -2.09. The second-order valence-corrected chi connectivity index (χ2v) is 14.2. The minimum absolute atomic E-state index is 0.0289. The van der Waals surface area contributed by atoms with Crippen molar-refractivity contribution in [1.82, 2.24) is 24.1 Å². The van der Waals surface area contributed by atoms with Crippen LogP contribution >= 0.6 is 0 Å². The van der Waals surface area contributed by atoms with Crippen molar-refractivity contribution >= 4 is 22.1 Å². The topological polar surface area (TPSA) is 68.5 Å². The van der Waals surface area contributed by atoms with Crippen LogP contribution in [0.25, 0.3) is 45.1 Å². The Kier molecular flexibility index (Phi) is 15.0. The fraction of sp³-hybridized carbons (Fsp3) is 0.558. The molecule has 0 spiro atoms. The molecule has 0 aliphatic rings. The highest BCUT2D eigenvalue weighted by molar-refractivity contribution is 5.82. The maximum absolute atomic E-state index is 13.3. The third-order valence-corrected chi connectivity index (χ3v) is 10.1. The van der Waals surface area contributed by atoms with Crippen molar-refractivity contribution in [2.75, 3.05) is 0 Å². The predicted octanol–water partition coefficient (Wildman–Crippen LogP) is 12.3. The van der Waals surface area contributed by atoms with Crippen LogP contribution in [0.15, 0.2) is 65.5 Å². The Morgan fingerprint density at radius 1 is 0.490 bits per heavy atom. The summed E-state index contributed by atoms with van der Waals surface area (Å²) in [5.41, 5.74) is 5.64. The van der Waals surface area contributed by atoms with Crippen LogP contribution in [0.3, 0.4) is 0 Å². The van der Waals surface area contributed by atoms with E-state index in [0.717, 1.165) is 71.0 Å². The lowest BCUT2D eigenvalue weighted by molar-refractivity contribution is 0.538. The largest absolute Gasteiger partial charge is 0.349 e. The fourth-order valence-corrected chi connectivity index (χ4v) is 7.31. The zero-order valence-electron chi connectivity index (χ0n) is 30.5. The van der Waals surface area contributed by atoms with Gasteiger partial charge in [-0.2, -0.15) is 0 Å². The van der Waals surface area contributed by atoms with Crippen molar-refractivity contribution in [2.45, 2.75) is 155 Å². The predicted molar refractivity (Wildman–Crippen MR) is 208 cm³/mol. The molecule has 0 saturated carbocycles. The van der Waals surface area contributed by atoms with E-state index in [1.807, 2.05) is 12.1 Å². The number of rotatable bonds is 24. The maximum atomic E-state index is 13.3. The van der Waals surface area contributed by atoms with Crippen LogP contribution in [0.4, 0.5) is 0 Å². The first-order valence-corrected chi connectivity index (χ1v) is 19.8. The summed E-state index contributed by atoms with van der Waals surface area (Å²) in [6.45, 7) is 6.33. The molecule has 49 heavy (non-hydrogen) atoms. The molecular weight excluding hydrogens is 603 g/mol. The van der Waals surface area contributed by atoms with E-state index < -0.39 is 0 Å². The van der Waals surface area contributed by atoms with Gasteiger partial charge in [-0.3, -0.25) is 4.79 Å². The molecule has 0 atom stereocenters. The minimum Gasteiger partial charge on any atom is -0.349 e. The van der Waals surface area contributed by atoms with Gasteiger partial charge in [0.25, 0.3) is 0 Å². The third kappa shape index (κ3) is 10.7. The Morgan fingerprint density at radius 3 is 1.22 bits per heavy atom. The van der Waals surface area contributed by atoms with Crippen LogP contribution in [-0.2, 0) is 13.1 Å². The van der Waals surface area contributed by atoms with E-state index in [-0.39, 0.29) is 5.43 Å². The maximum Gasteiger partial charge on any atom is 0.183 e. The lowest BCUT2D eigenvalue weighted by atomic mass is 10.1. The molecule has 5 rings (SSSR count). The van der Waals surface area contributed by atoms with Crippen molar-refractivity contribution in [3.63, 3.8) is 0 Å². The molecule has 0 unspecified atom stereocenters. The van der Waals surface area contributed by atoms with Crippen LogP contribution in [0, 0.1) is 0 Å². The van der Waals surface area contributed by atoms with Crippen molar-refractivity contribution in [3.05, 3.63) is 70.9 Å². The van der Waals surface area contributed by atoms with Gasteiger partial charge in [0.1, 0.15) is 0 Å². The lowest BCUT2D eigenvalue weighted by Gasteiger charge is -2.12. The number of aromatic amines is 1. The van der Waals surface area contributed by atoms with Crippen molar-refractivity contribution in [1.29, 1.82) is 0 Å². The number of fused-ring (bicyclic) bond motifs is 2. The molecule has 0 radical (unpaired) electrons. The van der Waals surface area contributed by atoms with E-state index in [4.69, 9.17) is 9.97 Å². The van der Waals surface area contributed by atoms with Gasteiger partial charge in [-0.1, -0.05) is 154 Å². The molecule has 2 aromatic carbocycles. The number of para-hydroxylation sites is 4.